The second-order valence-corrected chi connectivity index (χ2v) is 4.51. The number of imidazole rings is 1. The first kappa shape index (κ1) is 16.5. The van der Waals surface area contributed by atoms with Crippen molar-refractivity contribution in [2.24, 2.45) is 10.7 Å². The number of benzene rings is 1. The third kappa shape index (κ3) is 4.52. The molecule has 0 saturated carbocycles. The van der Waals surface area contributed by atoms with Crippen molar-refractivity contribution in [2.45, 2.75) is 13.5 Å². The fourth-order valence-corrected chi connectivity index (χ4v) is 1.77. The van der Waals surface area contributed by atoms with E-state index in [0.29, 0.717) is 19.0 Å². The molecule has 0 atom stereocenters. The van der Waals surface area contributed by atoms with Gasteiger partial charge in [0.15, 0.2) is 5.96 Å². The van der Waals surface area contributed by atoms with Crippen LogP contribution in [-0.4, -0.2) is 28.6 Å². The Morgan fingerprint density at radius 3 is 2.95 bits per heavy atom. The summed E-state index contributed by atoms with van der Waals surface area (Å²) in [5, 5.41) is 3.08. The Morgan fingerprint density at radius 1 is 1.45 bits per heavy atom. The highest BCUT2D eigenvalue weighted by molar-refractivity contribution is 14.0. The van der Waals surface area contributed by atoms with Gasteiger partial charge in [-0.3, -0.25) is 0 Å². The van der Waals surface area contributed by atoms with Crippen LogP contribution in [0.5, 0.6) is 0 Å². The summed E-state index contributed by atoms with van der Waals surface area (Å²) < 4.78 is 2.09. The van der Waals surface area contributed by atoms with Crippen molar-refractivity contribution in [2.75, 3.05) is 13.1 Å². The SMILES string of the molecule is C=C(C)CN=C(N)NCCn1cnc2ccccc21.I. The van der Waals surface area contributed by atoms with E-state index in [9.17, 15) is 0 Å². The van der Waals surface area contributed by atoms with Crippen molar-refractivity contribution in [1.82, 2.24) is 14.9 Å². The van der Waals surface area contributed by atoms with Crippen LogP contribution < -0.4 is 11.1 Å². The molecule has 0 aliphatic carbocycles. The summed E-state index contributed by atoms with van der Waals surface area (Å²) in [6.07, 6.45) is 1.84. The van der Waals surface area contributed by atoms with Gasteiger partial charge in [-0.25, -0.2) is 9.98 Å². The van der Waals surface area contributed by atoms with E-state index in [-0.39, 0.29) is 24.0 Å². The minimum absolute atomic E-state index is 0. The Hall–Kier alpha value is -1.57. The number of nitrogens with two attached hydrogens (primary N) is 1. The zero-order chi connectivity index (χ0) is 13.7. The largest absolute Gasteiger partial charge is 0.370 e. The second kappa shape index (κ2) is 7.88. The van der Waals surface area contributed by atoms with Gasteiger partial charge in [-0.05, 0) is 19.1 Å². The smallest absolute Gasteiger partial charge is 0.188 e. The molecule has 20 heavy (non-hydrogen) atoms. The lowest BCUT2D eigenvalue weighted by Crippen LogP contribution is -2.34. The van der Waals surface area contributed by atoms with Gasteiger partial charge in [-0.15, -0.1) is 24.0 Å². The van der Waals surface area contributed by atoms with Gasteiger partial charge in [-0.2, -0.15) is 0 Å². The van der Waals surface area contributed by atoms with Crippen molar-refractivity contribution in [3.8, 4) is 0 Å². The van der Waals surface area contributed by atoms with Crippen LogP contribution in [0.1, 0.15) is 6.92 Å². The van der Waals surface area contributed by atoms with Gasteiger partial charge in [0.2, 0.25) is 0 Å². The predicted octanol–water partition coefficient (Wildman–Crippen LogP) is 2.13. The lowest BCUT2D eigenvalue weighted by Gasteiger charge is -2.07. The highest BCUT2D eigenvalue weighted by Crippen LogP contribution is 2.10. The van der Waals surface area contributed by atoms with Crippen molar-refractivity contribution in [1.29, 1.82) is 0 Å². The van der Waals surface area contributed by atoms with Crippen molar-refractivity contribution in [3.05, 3.63) is 42.7 Å². The van der Waals surface area contributed by atoms with E-state index in [1.54, 1.807) is 0 Å². The Balaban J connectivity index is 0.00000200. The molecule has 0 aliphatic rings. The number of aromatic nitrogens is 2. The van der Waals surface area contributed by atoms with Crippen LogP contribution in [0.3, 0.4) is 0 Å². The molecule has 6 heteroatoms. The molecule has 1 heterocycles. The molecule has 108 valence electrons. The van der Waals surface area contributed by atoms with E-state index < -0.39 is 0 Å². The molecule has 3 N–H and O–H groups in total. The van der Waals surface area contributed by atoms with Crippen LogP contribution >= 0.6 is 24.0 Å². The molecule has 0 radical (unpaired) electrons. The van der Waals surface area contributed by atoms with Crippen LogP contribution in [0, 0.1) is 0 Å². The third-order valence-electron chi connectivity index (χ3n) is 2.71. The maximum absolute atomic E-state index is 5.75. The Labute approximate surface area is 136 Å². The monoisotopic (exact) mass is 385 g/mol. The zero-order valence-corrected chi connectivity index (χ0v) is 13.9. The first-order valence-corrected chi connectivity index (χ1v) is 6.25. The summed E-state index contributed by atoms with van der Waals surface area (Å²) in [5.74, 6) is 0.451. The summed E-state index contributed by atoms with van der Waals surface area (Å²) in [6, 6.07) is 8.06. The highest BCUT2D eigenvalue weighted by atomic mass is 127. The van der Waals surface area contributed by atoms with E-state index in [2.05, 4.69) is 32.5 Å². The Bertz CT molecular complexity index is 602. The summed E-state index contributed by atoms with van der Waals surface area (Å²) in [4.78, 5) is 8.50. The van der Waals surface area contributed by atoms with E-state index >= 15 is 0 Å². The molecule has 0 unspecified atom stereocenters. The van der Waals surface area contributed by atoms with Crippen molar-refractivity contribution < 1.29 is 0 Å². The quantitative estimate of drug-likeness (QED) is 0.359. The zero-order valence-electron chi connectivity index (χ0n) is 11.5. The van der Waals surface area contributed by atoms with Crippen LogP contribution in [-0.2, 0) is 6.54 Å². The van der Waals surface area contributed by atoms with E-state index in [0.717, 1.165) is 23.2 Å². The van der Waals surface area contributed by atoms with Gasteiger partial charge in [0.1, 0.15) is 0 Å². The molecule has 1 aromatic heterocycles. The standard InChI is InChI=1S/C14H19N5.HI/c1-11(2)9-17-14(15)16-7-8-19-10-18-12-5-3-4-6-13(12)19;/h3-6,10H,1,7-9H2,2H3,(H3,15,16,17);1H. The minimum Gasteiger partial charge on any atom is -0.370 e. The summed E-state index contributed by atoms with van der Waals surface area (Å²) in [5.41, 5.74) is 8.87. The minimum atomic E-state index is 0. The highest BCUT2D eigenvalue weighted by Gasteiger charge is 2.00. The molecule has 2 aromatic rings. The number of aliphatic imine (C=N–C) groups is 1. The molecule has 5 nitrogen and oxygen atoms in total. The van der Waals surface area contributed by atoms with Crippen molar-refractivity contribution in [3.63, 3.8) is 0 Å². The average Bonchev–Trinajstić information content (AvgIpc) is 2.80. The summed E-state index contributed by atoms with van der Waals surface area (Å²) in [7, 11) is 0. The lowest BCUT2D eigenvalue weighted by atomic mass is 10.3. The second-order valence-electron chi connectivity index (χ2n) is 4.51. The normalized spacial score (nSPS) is 11.2. The Morgan fingerprint density at radius 2 is 2.20 bits per heavy atom. The fraction of sp³-hybridized carbons (Fsp3) is 0.286. The summed E-state index contributed by atoms with van der Waals surface area (Å²) in [6.45, 7) is 7.78. The number of hydrogen-bond acceptors (Lipinski definition) is 2. The van der Waals surface area contributed by atoms with Gasteiger partial charge in [-0.1, -0.05) is 24.3 Å². The fourth-order valence-electron chi connectivity index (χ4n) is 1.77. The van der Waals surface area contributed by atoms with Gasteiger partial charge < -0.3 is 15.6 Å². The number of para-hydroxylation sites is 2. The number of hydrogen-bond donors (Lipinski definition) is 2. The van der Waals surface area contributed by atoms with Gasteiger partial charge in [0.05, 0.1) is 23.9 Å². The molecular formula is C14H20IN5. The summed E-state index contributed by atoms with van der Waals surface area (Å²) >= 11 is 0. The van der Waals surface area contributed by atoms with E-state index in [4.69, 9.17) is 5.73 Å². The van der Waals surface area contributed by atoms with E-state index in [1.807, 2.05) is 31.5 Å². The van der Waals surface area contributed by atoms with Gasteiger partial charge in [0.25, 0.3) is 0 Å². The first-order valence-electron chi connectivity index (χ1n) is 6.25. The van der Waals surface area contributed by atoms with Crippen molar-refractivity contribution >= 4 is 41.0 Å². The maximum atomic E-state index is 5.75. The number of nitrogens with one attached hydrogen (secondary N) is 1. The molecule has 2 rings (SSSR count). The molecule has 0 aliphatic heterocycles. The molecular weight excluding hydrogens is 365 g/mol. The number of rotatable bonds is 5. The van der Waals surface area contributed by atoms with E-state index in [1.165, 1.54) is 0 Å². The molecule has 0 fully saturated rings. The average molecular weight is 385 g/mol. The Kier molecular flexibility index (Phi) is 6.50. The van der Waals surface area contributed by atoms with Gasteiger partial charge >= 0.3 is 0 Å². The first-order chi connectivity index (χ1) is 9.16. The lowest BCUT2D eigenvalue weighted by molar-refractivity contribution is 0.687. The molecule has 0 bridgehead atoms. The number of fused-ring (bicyclic) bond motifs is 1. The number of nitrogens with zero attached hydrogens (tertiary/aromatic N) is 3. The molecule has 0 spiro atoms. The topological polar surface area (TPSA) is 68.2 Å². The van der Waals surface area contributed by atoms with Gasteiger partial charge in [0, 0.05) is 13.1 Å². The van der Waals surface area contributed by atoms with Crippen LogP contribution in [0.4, 0.5) is 0 Å². The third-order valence-corrected chi connectivity index (χ3v) is 2.71. The number of guanidine groups is 1. The van der Waals surface area contributed by atoms with Crippen LogP contribution in [0.25, 0.3) is 11.0 Å². The molecule has 0 saturated heterocycles. The maximum Gasteiger partial charge on any atom is 0.188 e. The molecule has 1 aromatic carbocycles. The van der Waals surface area contributed by atoms with Crippen LogP contribution in [0.15, 0.2) is 47.7 Å². The molecule has 0 amide bonds. The predicted molar refractivity (Wildman–Crippen MR) is 94.5 cm³/mol. The number of halogens is 1. The van der Waals surface area contributed by atoms with Crippen LogP contribution in [0.2, 0.25) is 0 Å².